The van der Waals surface area contributed by atoms with Gasteiger partial charge in [0.05, 0.1) is 6.20 Å². The molecule has 1 atom stereocenters. The molecule has 0 aliphatic rings. The average molecular weight is 111 g/mol. The van der Waals surface area contributed by atoms with Gasteiger partial charge in [-0.25, -0.2) is 4.68 Å². The van der Waals surface area contributed by atoms with Crippen molar-refractivity contribution in [2.75, 3.05) is 0 Å². The molecule has 3 heteroatoms. The van der Waals surface area contributed by atoms with Gasteiger partial charge >= 0.3 is 0 Å². The Kier molecular flexibility index (Phi) is 1.30. The zero-order chi connectivity index (χ0) is 5.98. The van der Waals surface area contributed by atoms with Gasteiger partial charge in [-0.1, -0.05) is 0 Å². The Morgan fingerprint density at radius 1 is 1.88 bits per heavy atom. The molecule has 1 aromatic heterocycles. The molecular weight excluding hydrogens is 104 g/mol. The van der Waals surface area contributed by atoms with Crippen LogP contribution in [0.3, 0.4) is 0 Å². The maximum Gasteiger partial charge on any atom is 0.144 e. The third-order valence-corrected chi connectivity index (χ3v) is 0.855. The monoisotopic (exact) mass is 111 g/mol. The van der Waals surface area contributed by atoms with Gasteiger partial charge in [0.1, 0.15) is 6.23 Å². The van der Waals surface area contributed by atoms with Gasteiger partial charge < -0.3 is 5.11 Å². The van der Waals surface area contributed by atoms with E-state index in [2.05, 4.69) is 11.2 Å². The van der Waals surface area contributed by atoms with Crippen LogP contribution in [0.25, 0.3) is 0 Å². The van der Waals surface area contributed by atoms with Crippen LogP contribution in [0, 0.1) is 6.07 Å². The van der Waals surface area contributed by atoms with Crippen molar-refractivity contribution < 1.29 is 5.11 Å². The predicted molar refractivity (Wildman–Crippen MR) is 28.0 cm³/mol. The lowest BCUT2D eigenvalue weighted by Gasteiger charge is -2.00. The van der Waals surface area contributed by atoms with Gasteiger partial charge in [0.15, 0.2) is 0 Å². The molecule has 0 aliphatic carbocycles. The fraction of sp³-hybridized carbons (Fsp3) is 0.400. The Balaban J connectivity index is 2.77. The van der Waals surface area contributed by atoms with E-state index in [-0.39, 0.29) is 0 Å². The fourth-order valence-corrected chi connectivity index (χ4v) is 0.447. The maximum absolute atomic E-state index is 8.79. The van der Waals surface area contributed by atoms with E-state index in [0.29, 0.717) is 0 Å². The van der Waals surface area contributed by atoms with Gasteiger partial charge in [-0.05, 0) is 6.92 Å². The van der Waals surface area contributed by atoms with E-state index < -0.39 is 6.23 Å². The Morgan fingerprint density at radius 2 is 2.62 bits per heavy atom. The second kappa shape index (κ2) is 1.96. The Bertz CT molecular complexity index is 145. The number of nitrogens with zero attached hydrogens (tertiary/aromatic N) is 2. The quantitative estimate of drug-likeness (QED) is 0.562. The zero-order valence-electron chi connectivity index (χ0n) is 4.57. The van der Waals surface area contributed by atoms with E-state index in [1.807, 2.05) is 0 Å². The summed E-state index contributed by atoms with van der Waals surface area (Å²) in [5.41, 5.74) is 0. The van der Waals surface area contributed by atoms with Crippen molar-refractivity contribution in [3.63, 3.8) is 0 Å². The number of hydrogen-bond acceptors (Lipinski definition) is 2. The van der Waals surface area contributed by atoms with E-state index in [0.717, 1.165) is 0 Å². The summed E-state index contributed by atoms with van der Waals surface area (Å²) in [6.45, 7) is 1.64. The number of aliphatic hydroxyl groups is 1. The summed E-state index contributed by atoms with van der Waals surface area (Å²) < 4.78 is 1.42. The largest absolute Gasteiger partial charge is 0.372 e. The first kappa shape index (κ1) is 5.31. The molecule has 1 heterocycles. The topological polar surface area (TPSA) is 38.0 Å². The van der Waals surface area contributed by atoms with Crippen LogP contribution in [0.5, 0.6) is 0 Å². The standard InChI is InChI=1S/C5H7N2O/c1-5(8)7-4-2-3-6-7/h3-5,8H,1H3. The average Bonchev–Trinajstić information content (AvgIpc) is 2.12. The molecule has 8 heavy (non-hydrogen) atoms. The van der Waals surface area contributed by atoms with Gasteiger partial charge in [-0.15, -0.1) is 0 Å². The van der Waals surface area contributed by atoms with Gasteiger partial charge in [-0.2, -0.15) is 5.10 Å². The highest BCUT2D eigenvalue weighted by Crippen LogP contribution is 1.94. The molecule has 0 saturated carbocycles. The molecule has 1 aromatic rings. The van der Waals surface area contributed by atoms with Gasteiger partial charge in [0, 0.05) is 12.3 Å². The van der Waals surface area contributed by atoms with Crippen molar-refractivity contribution in [2.24, 2.45) is 0 Å². The summed E-state index contributed by atoms with van der Waals surface area (Å²) in [6, 6.07) is 2.70. The molecule has 1 rings (SSSR count). The molecule has 43 valence electrons. The van der Waals surface area contributed by atoms with Crippen LogP contribution in [-0.4, -0.2) is 14.9 Å². The van der Waals surface area contributed by atoms with Crippen LogP contribution in [0.15, 0.2) is 12.4 Å². The molecule has 0 amide bonds. The van der Waals surface area contributed by atoms with Gasteiger partial charge in [0.2, 0.25) is 0 Å². The molecule has 1 radical (unpaired) electrons. The van der Waals surface area contributed by atoms with Gasteiger partial charge in [-0.3, -0.25) is 0 Å². The highest BCUT2D eigenvalue weighted by molar-refractivity contribution is 4.74. The lowest BCUT2D eigenvalue weighted by Crippen LogP contribution is -2.02. The second-order valence-electron chi connectivity index (χ2n) is 1.55. The third-order valence-electron chi connectivity index (χ3n) is 0.855. The molecule has 1 unspecified atom stereocenters. The van der Waals surface area contributed by atoms with Crippen LogP contribution in [0.4, 0.5) is 0 Å². The van der Waals surface area contributed by atoms with Crippen LogP contribution in [-0.2, 0) is 0 Å². The molecule has 1 N–H and O–H groups in total. The van der Waals surface area contributed by atoms with Crippen molar-refractivity contribution >= 4 is 0 Å². The molecule has 3 nitrogen and oxygen atoms in total. The Labute approximate surface area is 47.6 Å². The highest BCUT2D eigenvalue weighted by Gasteiger charge is 1.93. The summed E-state index contributed by atoms with van der Waals surface area (Å²) in [4.78, 5) is 0. The number of hydrogen-bond donors (Lipinski definition) is 1. The van der Waals surface area contributed by atoms with E-state index >= 15 is 0 Å². The SMILES string of the molecule is CC(O)n1c[c]cn1. The van der Waals surface area contributed by atoms with Crippen molar-refractivity contribution in [1.29, 1.82) is 0 Å². The minimum absolute atomic E-state index is 0.541. The molecule has 0 spiro atoms. The minimum Gasteiger partial charge on any atom is -0.372 e. The van der Waals surface area contributed by atoms with Crippen molar-refractivity contribution in [2.45, 2.75) is 13.2 Å². The Hall–Kier alpha value is -0.830. The van der Waals surface area contributed by atoms with Crippen LogP contribution in [0.1, 0.15) is 13.2 Å². The smallest absolute Gasteiger partial charge is 0.144 e. The first-order valence-corrected chi connectivity index (χ1v) is 2.39. The van der Waals surface area contributed by atoms with Crippen molar-refractivity contribution in [3.8, 4) is 0 Å². The summed E-state index contributed by atoms with van der Waals surface area (Å²) in [5.74, 6) is 0. The fourth-order valence-electron chi connectivity index (χ4n) is 0.447. The van der Waals surface area contributed by atoms with E-state index in [1.54, 1.807) is 13.1 Å². The summed E-state index contributed by atoms with van der Waals surface area (Å²) in [5, 5.41) is 12.5. The molecule has 0 bridgehead atoms. The first-order chi connectivity index (χ1) is 3.80. The van der Waals surface area contributed by atoms with Gasteiger partial charge in [0.25, 0.3) is 0 Å². The van der Waals surface area contributed by atoms with Crippen LogP contribution in [0.2, 0.25) is 0 Å². The molecule has 0 aliphatic heterocycles. The first-order valence-electron chi connectivity index (χ1n) is 2.39. The lowest BCUT2D eigenvalue weighted by atomic mass is 10.6. The van der Waals surface area contributed by atoms with Crippen molar-refractivity contribution in [3.05, 3.63) is 18.5 Å². The summed E-state index contributed by atoms with van der Waals surface area (Å²) in [6.07, 6.45) is 2.55. The van der Waals surface area contributed by atoms with E-state index in [9.17, 15) is 0 Å². The summed E-state index contributed by atoms with van der Waals surface area (Å²) in [7, 11) is 0. The predicted octanol–water partition coefficient (Wildman–Crippen LogP) is 0.194. The maximum atomic E-state index is 8.79. The normalized spacial score (nSPS) is 13.8. The van der Waals surface area contributed by atoms with E-state index in [1.165, 1.54) is 10.9 Å². The zero-order valence-corrected chi connectivity index (χ0v) is 4.57. The van der Waals surface area contributed by atoms with Crippen LogP contribution < -0.4 is 0 Å². The van der Waals surface area contributed by atoms with Crippen molar-refractivity contribution in [1.82, 2.24) is 9.78 Å². The lowest BCUT2D eigenvalue weighted by molar-refractivity contribution is 0.110. The van der Waals surface area contributed by atoms with E-state index in [4.69, 9.17) is 5.11 Å². The molecule has 0 fully saturated rings. The second-order valence-corrected chi connectivity index (χ2v) is 1.55. The number of aliphatic hydroxyl groups excluding tert-OH is 1. The third kappa shape index (κ3) is 0.869. The summed E-state index contributed by atoms with van der Waals surface area (Å²) >= 11 is 0. The Morgan fingerprint density at radius 3 is 2.88 bits per heavy atom. The number of rotatable bonds is 1. The minimum atomic E-state index is -0.541. The van der Waals surface area contributed by atoms with Crippen LogP contribution >= 0.6 is 0 Å². The molecule has 0 saturated heterocycles. The molecule has 0 aromatic carbocycles. The molecular formula is C5H7N2O. The number of aromatic nitrogens is 2. The highest BCUT2D eigenvalue weighted by atomic mass is 16.3.